The number of hydrogen-bond acceptors (Lipinski definition) is 4. The Kier molecular flexibility index (Phi) is 5.37. The van der Waals surface area contributed by atoms with Gasteiger partial charge in [0.25, 0.3) is 5.91 Å². The molecule has 1 amide bonds. The molecule has 0 bridgehead atoms. The molecule has 152 valence electrons. The van der Waals surface area contributed by atoms with Crippen LogP contribution in [0.2, 0.25) is 5.02 Å². The molecule has 0 unspecified atom stereocenters. The van der Waals surface area contributed by atoms with Gasteiger partial charge in [-0.1, -0.05) is 17.7 Å². The number of carbonyl (C=O) groups is 1. The molecular formula is C19H16ClF3N4OS. The van der Waals surface area contributed by atoms with Gasteiger partial charge in [-0.05, 0) is 35.7 Å². The topological polar surface area (TPSA) is 50.2 Å². The maximum absolute atomic E-state index is 13.5. The van der Waals surface area contributed by atoms with Gasteiger partial charge in [0.2, 0.25) is 0 Å². The van der Waals surface area contributed by atoms with Crippen LogP contribution < -0.4 is 5.32 Å². The number of aromatic nitrogens is 2. The number of nitrogens with one attached hydrogen (secondary N) is 1. The first-order chi connectivity index (χ1) is 13.8. The third-order valence-corrected chi connectivity index (χ3v) is 5.76. The number of benzene rings is 1. The van der Waals surface area contributed by atoms with Crippen molar-refractivity contribution in [3.8, 4) is 16.3 Å². The summed E-state index contributed by atoms with van der Waals surface area (Å²) in [7, 11) is 0. The Labute approximate surface area is 173 Å². The van der Waals surface area contributed by atoms with Crippen molar-refractivity contribution in [1.29, 1.82) is 0 Å². The van der Waals surface area contributed by atoms with E-state index in [1.54, 1.807) is 29.2 Å². The summed E-state index contributed by atoms with van der Waals surface area (Å²) in [6.45, 7) is 2.36. The summed E-state index contributed by atoms with van der Waals surface area (Å²) in [5.41, 5.74) is 0.0247. The van der Waals surface area contributed by atoms with Gasteiger partial charge in [-0.15, -0.1) is 11.3 Å². The molecule has 1 aromatic carbocycles. The van der Waals surface area contributed by atoms with Gasteiger partial charge in [-0.25, -0.2) is 4.68 Å². The van der Waals surface area contributed by atoms with Gasteiger partial charge in [0, 0.05) is 31.2 Å². The van der Waals surface area contributed by atoms with E-state index >= 15 is 0 Å². The first kappa shape index (κ1) is 19.9. The zero-order valence-corrected chi connectivity index (χ0v) is 16.6. The summed E-state index contributed by atoms with van der Waals surface area (Å²) in [4.78, 5) is 14.5. The Balaban J connectivity index is 1.84. The fraction of sp³-hybridized carbons (Fsp3) is 0.263. The van der Waals surface area contributed by atoms with Crippen LogP contribution in [0.5, 0.6) is 0 Å². The maximum atomic E-state index is 13.5. The maximum Gasteiger partial charge on any atom is 0.417 e. The molecule has 1 aliphatic rings. The summed E-state index contributed by atoms with van der Waals surface area (Å²) >= 11 is 7.02. The second-order valence-corrected chi connectivity index (χ2v) is 7.86. The standard InChI is InChI=1S/C19H16ClF3N4OS/c20-12-2-1-3-13(10-12)27-16(17-14(4-9-29-17)19(21,22)23)11-15(25-27)18(28)26-7-5-24-6-8-26/h1-4,9-11,24H,5-8H2. The summed E-state index contributed by atoms with van der Waals surface area (Å²) in [6.07, 6.45) is -4.51. The van der Waals surface area contributed by atoms with Crippen molar-refractivity contribution in [3.05, 3.63) is 58.1 Å². The molecule has 10 heteroatoms. The van der Waals surface area contributed by atoms with Crippen molar-refractivity contribution >= 4 is 28.8 Å². The second-order valence-electron chi connectivity index (χ2n) is 6.51. The number of thiophene rings is 1. The van der Waals surface area contributed by atoms with Gasteiger partial charge >= 0.3 is 6.18 Å². The van der Waals surface area contributed by atoms with Gasteiger partial charge in [-0.2, -0.15) is 18.3 Å². The number of alkyl halides is 3. The van der Waals surface area contributed by atoms with Crippen LogP contribution in [0.15, 0.2) is 41.8 Å². The van der Waals surface area contributed by atoms with Gasteiger partial charge < -0.3 is 10.2 Å². The van der Waals surface area contributed by atoms with Crippen molar-refractivity contribution in [1.82, 2.24) is 20.0 Å². The van der Waals surface area contributed by atoms with Crippen molar-refractivity contribution < 1.29 is 18.0 Å². The SMILES string of the molecule is O=C(c1cc(-c2sccc2C(F)(F)F)n(-c2cccc(Cl)c2)n1)N1CCNCC1. The molecule has 0 atom stereocenters. The molecule has 2 aromatic heterocycles. The van der Waals surface area contributed by atoms with Crippen molar-refractivity contribution in [2.75, 3.05) is 26.2 Å². The minimum atomic E-state index is -4.51. The predicted octanol–water partition coefficient (Wildman–Crippen LogP) is 4.32. The van der Waals surface area contributed by atoms with Gasteiger partial charge in [0.05, 0.1) is 21.8 Å². The smallest absolute Gasteiger partial charge is 0.335 e. The lowest BCUT2D eigenvalue weighted by Crippen LogP contribution is -2.46. The molecule has 1 saturated heterocycles. The van der Waals surface area contributed by atoms with Gasteiger partial charge in [0.1, 0.15) is 0 Å². The molecular weight excluding hydrogens is 425 g/mol. The van der Waals surface area contributed by atoms with Crippen LogP contribution in [-0.4, -0.2) is 46.8 Å². The van der Waals surface area contributed by atoms with Crippen LogP contribution in [0.1, 0.15) is 16.1 Å². The van der Waals surface area contributed by atoms with E-state index in [2.05, 4.69) is 10.4 Å². The number of carbonyl (C=O) groups excluding carboxylic acids is 1. The molecule has 3 heterocycles. The van der Waals surface area contributed by atoms with Crippen LogP contribution in [-0.2, 0) is 6.18 Å². The normalized spacial score (nSPS) is 15.0. The van der Waals surface area contributed by atoms with E-state index in [4.69, 9.17) is 11.6 Å². The molecule has 5 nitrogen and oxygen atoms in total. The van der Waals surface area contributed by atoms with Crippen molar-refractivity contribution in [2.45, 2.75) is 6.18 Å². The van der Waals surface area contributed by atoms with E-state index in [1.165, 1.54) is 16.1 Å². The van der Waals surface area contributed by atoms with E-state index in [-0.39, 0.29) is 22.2 Å². The highest BCUT2D eigenvalue weighted by Gasteiger charge is 2.36. The first-order valence-electron chi connectivity index (χ1n) is 8.85. The molecule has 0 radical (unpaired) electrons. The summed E-state index contributed by atoms with van der Waals surface area (Å²) in [6, 6.07) is 9.08. The lowest BCUT2D eigenvalue weighted by molar-refractivity contribution is -0.136. The number of halogens is 4. The molecule has 3 aromatic rings. The molecule has 0 aliphatic carbocycles. The molecule has 0 spiro atoms. The van der Waals surface area contributed by atoms with Crippen molar-refractivity contribution in [2.24, 2.45) is 0 Å². The van der Waals surface area contributed by atoms with Crippen LogP contribution in [0.25, 0.3) is 16.3 Å². The summed E-state index contributed by atoms with van der Waals surface area (Å²) in [5.74, 6) is -0.307. The second kappa shape index (κ2) is 7.81. The van der Waals surface area contributed by atoms with E-state index in [0.717, 1.165) is 17.4 Å². The van der Waals surface area contributed by atoms with E-state index in [0.29, 0.717) is 36.9 Å². The van der Waals surface area contributed by atoms with Gasteiger partial charge in [-0.3, -0.25) is 4.79 Å². The van der Waals surface area contributed by atoms with Crippen LogP contribution in [0, 0.1) is 0 Å². The van der Waals surface area contributed by atoms with E-state index < -0.39 is 11.7 Å². The Hall–Kier alpha value is -2.36. The van der Waals surface area contributed by atoms with Crippen LogP contribution >= 0.6 is 22.9 Å². The number of rotatable bonds is 3. The van der Waals surface area contributed by atoms with Crippen LogP contribution in [0.3, 0.4) is 0 Å². The minimum absolute atomic E-state index is 0.00402. The Morgan fingerprint density at radius 2 is 1.93 bits per heavy atom. The quantitative estimate of drug-likeness (QED) is 0.660. The lowest BCUT2D eigenvalue weighted by atomic mass is 10.2. The Morgan fingerprint density at radius 1 is 1.17 bits per heavy atom. The average molecular weight is 441 g/mol. The highest BCUT2D eigenvalue weighted by molar-refractivity contribution is 7.13. The predicted molar refractivity (Wildman–Crippen MR) is 106 cm³/mol. The minimum Gasteiger partial charge on any atom is -0.335 e. The highest BCUT2D eigenvalue weighted by atomic mass is 35.5. The summed E-state index contributed by atoms with van der Waals surface area (Å²) < 4.78 is 41.8. The number of hydrogen-bond donors (Lipinski definition) is 1. The zero-order chi connectivity index (χ0) is 20.6. The zero-order valence-electron chi connectivity index (χ0n) is 15.0. The average Bonchev–Trinajstić information content (AvgIpc) is 3.35. The fourth-order valence-electron chi connectivity index (χ4n) is 3.21. The van der Waals surface area contributed by atoms with Crippen LogP contribution in [0.4, 0.5) is 13.2 Å². The number of nitrogens with zero attached hydrogens (tertiary/aromatic N) is 3. The first-order valence-corrected chi connectivity index (χ1v) is 10.1. The Bertz CT molecular complexity index is 1040. The molecule has 1 N–H and O–H groups in total. The monoisotopic (exact) mass is 440 g/mol. The summed E-state index contributed by atoms with van der Waals surface area (Å²) in [5, 5.41) is 9.32. The van der Waals surface area contributed by atoms with E-state index in [1.807, 2.05) is 0 Å². The van der Waals surface area contributed by atoms with Crippen molar-refractivity contribution in [3.63, 3.8) is 0 Å². The van der Waals surface area contributed by atoms with Gasteiger partial charge in [0.15, 0.2) is 5.69 Å². The highest BCUT2D eigenvalue weighted by Crippen LogP contribution is 2.41. The van der Waals surface area contributed by atoms with E-state index in [9.17, 15) is 18.0 Å². The largest absolute Gasteiger partial charge is 0.417 e. The molecule has 1 fully saturated rings. The molecule has 1 aliphatic heterocycles. The third-order valence-electron chi connectivity index (χ3n) is 4.59. The number of amides is 1. The third kappa shape index (κ3) is 4.03. The lowest BCUT2D eigenvalue weighted by Gasteiger charge is -2.26. The molecule has 0 saturated carbocycles. The fourth-order valence-corrected chi connectivity index (χ4v) is 4.31. The number of piperazine rings is 1. The Morgan fingerprint density at radius 3 is 2.62 bits per heavy atom. The molecule has 4 rings (SSSR count). The molecule has 29 heavy (non-hydrogen) atoms.